The number of aryl methyl sites for hydroxylation is 1. The van der Waals surface area contributed by atoms with Crippen LogP contribution in [-0.2, 0) is 15.1 Å². The van der Waals surface area contributed by atoms with Gasteiger partial charge in [-0.05, 0) is 29.2 Å². The standard InChI is InChI=1S/C14H8Cl14/c1-2-6-3-4-7(9(15,16)11(19,20)13(23,24)25)5-8(6)10(17,18)12(21,22)14(26,27)28/h3-5H,2H2,1H3. The molecule has 0 heterocycles. The van der Waals surface area contributed by atoms with Crippen LogP contribution in [0.15, 0.2) is 18.2 Å². The van der Waals surface area contributed by atoms with Crippen LogP contribution in [-0.4, -0.2) is 16.3 Å². The molecule has 0 saturated heterocycles. The maximum Gasteiger partial charge on any atom is 0.226 e. The second-order valence-electron chi connectivity index (χ2n) is 5.52. The summed E-state index contributed by atoms with van der Waals surface area (Å²) >= 11 is 85.6. The van der Waals surface area contributed by atoms with Crippen molar-refractivity contribution >= 4 is 162 Å². The Morgan fingerprint density at radius 1 is 0.607 bits per heavy atom. The summed E-state index contributed by atoms with van der Waals surface area (Å²) in [5.41, 5.74) is 0.784. The van der Waals surface area contributed by atoms with Crippen LogP contribution in [0.3, 0.4) is 0 Å². The van der Waals surface area contributed by atoms with Crippen molar-refractivity contribution in [1.82, 2.24) is 0 Å². The summed E-state index contributed by atoms with van der Waals surface area (Å²) in [6, 6.07) is 4.40. The molecular formula is C14H8Cl14. The van der Waals surface area contributed by atoms with Crippen molar-refractivity contribution in [2.45, 2.75) is 38.3 Å². The molecule has 1 aromatic rings. The van der Waals surface area contributed by atoms with Gasteiger partial charge in [-0.25, -0.2) is 0 Å². The van der Waals surface area contributed by atoms with E-state index in [1.165, 1.54) is 12.1 Å². The summed E-state index contributed by atoms with van der Waals surface area (Å²) in [4.78, 5) is 0. The van der Waals surface area contributed by atoms with E-state index >= 15 is 0 Å². The lowest BCUT2D eigenvalue weighted by atomic mass is 9.95. The van der Waals surface area contributed by atoms with Crippen LogP contribution in [0.1, 0.15) is 23.6 Å². The van der Waals surface area contributed by atoms with Crippen molar-refractivity contribution in [2.24, 2.45) is 0 Å². The summed E-state index contributed by atoms with van der Waals surface area (Å²) in [5, 5.41) is 0. The van der Waals surface area contributed by atoms with Gasteiger partial charge in [0.15, 0.2) is 8.67 Å². The van der Waals surface area contributed by atoms with Crippen molar-refractivity contribution in [3.05, 3.63) is 34.9 Å². The van der Waals surface area contributed by atoms with Gasteiger partial charge >= 0.3 is 0 Å². The van der Waals surface area contributed by atoms with Crippen LogP contribution in [0.2, 0.25) is 0 Å². The first-order chi connectivity index (χ1) is 12.2. The Balaban J connectivity index is 3.75. The Bertz CT molecular complexity index is 710. The van der Waals surface area contributed by atoms with Gasteiger partial charge in [-0.1, -0.05) is 181 Å². The summed E-state index contributed by atoms with van der Waals surface area (Å²) in [7, 11) is 0. The zero-order valence-electron chi connectivity index (χ0n) is 13.2. The maximum atomic E-state index is 6.47. The van der Waals surface area contributed by atoms with Gasteiger partial charge < -0.3 is 0 Å². The molecule has 0 fully saturated rings. The molecule has 0 saturated carbocycles. The zero-order chi connectivity index (χ0) is 22.6. The third-order valence-corrected chi connectivity index (χ3v) is 11.6. The second-order valence-corrected chi connectivity index (χ2v) is 15.4. The Kier molecular flexibility index (Phi) is 9.94. The molecule has 0 unspecified atom stereocenters. The fourth-order valence-electron chi connectivity index (χ4n) is 2.08. The van der Waals surface area contributed by atoms with Crippen LogP contribution in [0.5, 0.6) is 0 Å². The van der Waals surface area contributed by atoms with E-state index in [4.69, 9.17) is 162 Å². The monoisotopic (exact) mass is 666 g/mol. The highest BCUT2D eigenvalue weighted by atomic mass is 35.6. The number of hydrogen-bond acceptors (Lipinski definition) is 0. The van der Waals surface area contributed by atoms with Crippen molar-refractivity contribution in [3.8, 4) is 0 Å². The third-order valence-electron chi connectivity index (χ3n) is 3.69. The topological polar surface area (TPSA) is 0 Å². The lowest BCUT2D eigenvalue weighted by molar-refractivity contribution is 0.676. The van der Waals surface area contributed by atoms with Gasteiger partial charge in [0.05, 0.1) is 0 Å². The van der Waals surface area contributed by atoms with Gasteiger partial charge in [0.25, 0.3) is 0 Å². The van der Waals surface area contributed by atoms with Crippen LogP contribution < -0.4 is 0 Å². The van der Waals surface area contributed by atoms with Crippen LogP contribution >= 0.6 is 162 Å². The van der Waals surface area contributed by atoms with Crippen molar-refractivity contribution < 1.29 is 0 Å². The van der Waals surface area contributed by atoms with Crippen molar-refractivity contribution in [3.63, 3.8) is 0 Å². The summed E-state index contributed by atoms with van der Waals surface area (Å²) in [5.74, 6) is 0. The molecule has 0 aliphatic heterocycles. The van der Waals surface area contributed by atoms with E-state index in [0.717, 1.165) is 0 Å². The highest BCUT2D eigenvalue weighted by Gasteiger charge is 2.63. The normalized spacial score (nSPS) is 15.1. The molecule has 0 bridgehead atoms. The van der Waals surface area contributed by atoms with Gasteiger partial charge in [0.2, 0.25) is 16.3 Å². The summed E-state index contributed by atoms with van der Waals surface area (Å²) in [6.07, 6.45) is 0.440. The minimum Gasteiger partial charge on any atom is -0.0930 e. The van der Waals surface area contributed by atoms with Crippen LogP contribution in [0.4, 0.5) is 0 Å². The average Bonchev–Trinajstić information content (AvgIpc) is 2.51. The van der Waals surface area contributed by atoms with E-state index in [-0.39, 0.29) is 11.1 Å². The molecule has 0 spiro atoms. The Morgan fingerprint density at radius 2 is 1.00 bits per heavy atom. The molecule has 162 valence electrons. The summed E-state index contributed by atoms with van der Waals surface area (Å²) in [6.45, 7) is 1.81. The molecule has 0 aliphatic rings. The predicted molar refractivity (Wildman–Crippen MR) is 132 cm³/mol. The van der Waals surface area contributed by atoms with E-state index < -0.39 is 24.9 Å². The molecule has 0 nitrogen and oxygen atoms in total. The predicted octanol–water partition coefficient (Wildman–Crippen LogP) is 10.6. The molecular weight excluding hydrogens is 664 g/mol. The van der Waals surface area contributed by atoms with E-state index in [0.29, 0.717) is 12.0 Å². The van der Waals surface area contributed by atoms with Gasteiger partial charge in [0, 0.05) is 0 Å². The maximum absolute atomic E-state index is 6.47. The summed E-state index contributed by atoms with van der Waals surface area (Å²) < 4.78 is -13.4. The van der Waals surface area contributed by atoms with Crippen LogP contribution in [0, 0.1) is 0 Å². The molecule has 28 heavy (non-hydrogen) atoms. The van der Waals surface area contributed by atoms with E-state index in [1.54, 1.807) is 6.07 Å². The molecule has 0 atom stereocenters. The SMILES string of the molecule is CCc1ccc(C(Cl)(Cl)C(Cl)(Cl)C(Cl)(Cl)Cl)cc1C(Cl)(Cl)C(Cl)(Cl)C(Cl)(Cl)Cl. The first kappa shape index (κ1) is 29.3. The molecule has 0 aromatic heterocycles. The van der Waals surface area contributed by atoms with Crippen LogP contribution in [0.25, 0.3) is 0 Å². The largest absolute Gasteiger partial charge is 0.226 e. The zero-order valence-corrected chi connectivity index (χ0v) is 23.8. The molecule has 0 radical (unpaired) electrons. The minimum absolute atomic E-state index is 0.0680. The Hall–Kier alpha value is 3.28. The fourth-order valence-corrected chi connectivity index (χ4v) is 5.09. The van der Waals surface area contributed by atoms with Gasteiger partial charge in [0.1, 0.15) is 0 Å². The molecule has 0 amide bonds. The molecule has 1 rings (SSSR count). The highest BCUT2D eigenvalue weighted by molar-refractivity contribution is 6.79. The first-order valence-corrected chi connectivity index (χ1v) is 12.2. The minimum atomic E-state index is -2.30. The molecule has 0 N–H and O–H groups in total. The lowest BCUT2D eigenvalue weighted by Crippen LogP contribution is -2.46. The fraction of sp³-hybridized carbons (Fsp3) is 0.571. The Morgan fingerprint density at radius 3 is 1.36 bits per heavy atom. The molecule has 0 aliphatic carbocycles. The highest BCUT2D eigenvalue weighted by Crippen LogP contribution is 2.63. The first-order valence-electron chi connectivity index (χ1n) is 6.94. The number of benzene rings is 1. The lowest BCUT2D eigenvalue weighted by Gasteiger charge is -2.41. The smallest absolute Gasteiger partial charge is 0.0930 e. The van der Waals surface area contributed by atoms with Crippen molar-refractivity contribution in [1.29, 1.82) is 0 Å². The Labute approximate surface area is 233 Å². The molecule has 1 aromatic carbocycles. The second kappa shape index (κ2) is 9.50. The van der Waals surface area contributed by atoms with Gasteiger partial charge in [-0.15, -0.1) is 0 Å². The van der Waals surface area contributed by atoms with E-state index in [2.05, 4.69) is 0 Å². The van der Waals surface area contributed by atoms with Crippen molar-refractivity contribution in [2.75, 3.05) is 0 Å². The van der Waals surface area contributed by atoms with Gasteiger partial charge in [-0.2, -0.15) is 0 Å². The molecule has 14 heteroatoms. The number of hydrogen-bond donors (Lipinski definition) is 0. The quantitative estimate of drug-likeness (QED) is 0.273. The van der Waals surface area contributed by atoms with E-state index in [1.807, 2.05) is 6.92 Å². The van der Waals surface area contributed by atoms with E-state index in [9.17, 15) is 0 Å². The number of halogens is 14. The van der Waals surface area contributed by atoms with Gasteiger partial charge in [-0.3, -0.25) is 0 Å². The number of alkyl halides is 14. The number of rotatable bonds is 5. The average molecular weight is 673 g/mol. The third kappa shape index (κ3) is 5.33.